The fourth-order valence-electron chi connectivity index (χ4n) is 3.48. The van der Waals surface area contributed by atoms with E-state index in [2.05, 4.69) is 34.3 Å². The number of hydrogen-bond acceptors (Lipinski definition) is 3. The molecule has 1 fully saturated rings. The molecule has 0 amide bonds. The first-order valence-corrected chi connectivity index (χ1v) is 8.38. The Balaban J connectivity index is 1.62. The highest BCUT2D eigenvalue weighted by Crippen LogP contribution is 2.35. The van der Waals surface area contributed by atoms with Crippen LogP contribution in [0.3, 0.4) is 0 Å². The van der Waals surface area contributed by atoms with Crippen molar-refractivity contribution in [1.82, 2.24) is 20.3 Å². The number of aromatic amines is 1. The van der Waals surface area contributed by atoms with E-state index in [0.717, 1.165) is 34.7 Å². The van der Waals surface area contributed by atoms with Crippen LogP contribution in [0, 0.1) is 0 Å². The van der Waals surface area contributed by atoms with Gasteiger partial charge in [0.15, 0.2) is 0 Å². The summed E-state index contributed by atoms with van der Waals surface area (Å²) in [6.07, 6.45) is 5.86. The van der Waals surface area contributed by atoms with Crippen molar-refractivity contribution < 1.29 is 0 Å². The van der Waals surface area contributed by atoms with Crippen LogP contribution in [0.15, 0.2) is 42.7 Å². The summed E-state index contributed by atoms with van der Waals surface area (Å²) in [5.74, 6) is 1.32. The van der Waals surface area contributed by atoms with Gasteiger partial charge in [-0.05, 0) is 43.5 Å². The molecule has 118 valence electrons. The fourth-order valence-corrected chi connectivity index (χ4v) is 3.61. The molecule has 4 nitrogen and oxygen atoms in total. The number of nitrogens with zero attached hydrogens (tertiary/aromatic N) is 2. The number of fused-ring (bicyclic) bond motifs is 1. The summed E-state index contributed by atoms with van der Waals surface area (Å²) in [6, 6.07) is 10.9. The number of H-pyrrole nitrogens is 1. The lowest BCUT2D eigenvalue weighted by Crippen LogP contribution is -2.38. The van der Waals surface area contributed by atoms with Crippen molar-refractivity contribution in [3.63, 3.8) is 0 Å². The van der Waals surface area contributed by atoms with Crippen molar-refractivity contribution in [2.24, 2.45) is 0 Å². The first-order chi connectivity index (χ1) is 11.2. The van der Waals surface area contributed by atoms with Gasteiger partial charge in [0.2, 0.25) is 0 Å². The lowest BCUT2D eigenvalue weighted by atomic mass is 9.85. The zero-order valence-corrected chi connectivity index (χ0v) is 13.7. The van der Waals surface area contributed by atoms with Gasteiger partial charge < -0.3 is 10.3 Å². The minimum Gasteiger partial charge on any atom is -0.359 e. The molecule has 2 N–H and O–H groups in total. The Morgan fingerprint density at radius 2 is 1.96 bits per heavy atom. The van der Waals surface area contributed by atoms with Crippen molar-refractivity contribution in [3.8, 4) is 0 Å². The molecule has 0 radical (unpaired) electrons. The average Bonchev–Trinajstić information content (AvgIpc) is 3.02. The lowest BCUT2D eigenvalue weighted by molar-refractivity contribution is 0.300. The molecule has 3 unspecified atom stereocenters. The molecule has 23 heavy (non-hydrogen) atoms. The van der Waals surface area contributed by atoms with Gasteiger partial charge in [0, 0.05) is 29.2 Å². The van der Waals surface area contributed by atoms with Gasteiger partial charge in [-0.1, -0.05) is 23.7 Å². The number of rotatable bonds is 2. The molecule has 3 heterocycles. The fraction of sp³-hybridized carbons (Fsp3) is 0.333. The summed E-state index contributed by atoms with van der Waals surface area (Å²) in [5, 5.41) is 4.45. The van der Waals surface area contributed by atoms with Gasteiger partial charge >= 0.3 is 0 Å². The maximum absolute atomic E-state index is 6.01. The van der Waals surface area contributed by atoms with Crippen LogP contribution in [0.4, 0.5) is 0 Å². The molecule has 5 heteroatoms. The number of hydrogen-bond donors (Lipinski definition) is 2. The third-order valence-corrected chi connectivity index (χ3v) is 4.85. The third-order valence-electron chi connectivity index (χ3n) is 4.60. The van der Waals surface area contributed by atoms with Crippen LogP contribution in [-0.4, -0.2) is 21.0 Å². The molecule has 0 aliphatic carbocycles. The van der Waals surface area contributed by atoms with Crippen LogP contribution in [0.2, 0.25) is 5.02 Å². The number of piperidine rings is 1. The summed E-state index contributed by atoms with van der Waals surface area (Å²) < 4.78 is 0. The topological polar surface area (TPSA) is 53.6 Å². The van der Waals surface area contributed by atoms with Gasteiger partial charge in [0.1, 0.15) is 5.82 Å². The van der Waals surface area contributed by atoms with Crippen molar-refractivity contribution in [1.29, 1.82) is 0 Å². The summed E-state index contributed by atoms with van der Waals surface area (Å²) in [4.78, 5) is 12.5. The third kappa shape index (κ3) is 2.96. The SMILES string of the molecule is CC1CC(c2ncc3[nH]ccc3n2)CC(c2ccc(Cl)cc2)N1. The number of nitrogens with one attached hydrogen (secondary N) is 2. The predicted octanol–water partition coefficient (Wildman–Crippen LogP) is 4.21. The van der Waals surface area contributed by atoms with Crippen LogP contribution in [-0.2, 0) is 0 Å². The molecule has 0 bridgehead atoms. The molecule has 0 spiro atoms. The zero-order valence-electron chi connectivity index (χ0n) is 13.0. The quantitative estimate of drug-likeness (QED) is 0.741. The maximum atomic E-state index is 6.01. The monoisotopic (exact) mass is 326 g/mol. The van der Waals surface area contributed by atoms with E-state index in [9.17, 15) is 0 Å². The van der Waals surface area contributed by atoms with E-state index in [-0.39, 0.29) is 0 Å². The maximum Gasteiger partial charge on any atom is 0.132 e. The molecule has 2 aromatic heterocycles. The Kier molecular flexibility index (Phi) is 3.79. The van der Waals surface area contributed by atoms with Crippen LogP contribution < -0.4 is 5.32 Å². The molecule has 1 aliphatic heterocycles. The van der Waals surface area contributed by atoms with E-state index in [1.54, 1.807) is 0 Å². The minimum atomic E-state index is 0.312. The summed E-state index contributed by atoms with van der Waals surface area (Å²) in [5.41, 5.74) is 3.25. The second-order valence-corrected chi connectivity index (χ2v) is 6.78. The number of halogens is 1. The van der Waals surface area contributed by atoms with Crippen LogP contribution in [0.25, 0.3) is 11.0 Å². The molecule has 0 saturated carbocycles. The highest BCUT2D eigenvalue weighted by atomic mass is 35.5. The Morgan fingerprint density at radius 1 is 1.13 bits per heavy atom. The highest BCUT2D eigenvalue weighted by Gasteiger charge is 2.29. The molecule has 1 aliphatic rings. The normalized spacial score (nSPS) is 24.9. The van der Waals surface area contributed by atoms with Gasteiger partial charge in [-0.3, -0.25) is 0 Å². The van der Waals surface area contributed by atoms with Crippen molar-refractivity contribution in [2.75, 3.05) is 0 Å². The molecule has 3 aromatic rings. The molecule has 4 rings (SSSR count). The molecule has 1 saturated heterocycles. The zero-order chi connectivity index (χ0) is 15.8. The first kappa shape index (κ1) is 14.7. The Hall–Kier alpha value is -1.91. The van der Waals surface area contributed by atoms with Crippen LogP contribution in [0.1, 0.15) is 43.1 Å². The van der Waals surface area contributed by atoms with Crippen molar-refractivity contribution in [2.45, 2.75) is 37.8 Å². The van der Waals surface area contributed by atoms with Gasteiger partial charge in [-0.15, -0.1) is 0 Å². The second kappa shape index (κ2) is 5.95. The van der Waals surface area contributed by atoms with Gasteiger partial charge in [0.05, 0.1) is 17.2 Å². The standard InChI is InChI=1S/C18H19ClN4/c1-11-8-13(18-21-10-17-15(23-18)6-7-20-17)9-16(22-11)12-2-4-14(19)5-3-12/h2-7,10-11,13,16,20,22H,8-9H2,1H3. The molecule has 1 aromatic carbocycles. The first-order valence-electron chi connectivity index (χ1n) is 8.00. The largest absolute Gasteiger partial charge is 0.359 e. The lowest BCUT2D eigenvalue weighted by Gasteiger charge is -2.34. The Bertz CT molecular complexity index is 811. The van der Waals surface area contributed by atoms with E-state index in [4.69, 9.17) is 16.6 Å². The number of benzene rings is 1. The van der Waals surface area contributed by atoms with Gasteiger partial charge in [-0.2, -0.15) is 0 Å². The van der Waals surface area contributed by atoms with E-state index in [1.807, 2.05) is 30.6 Å². The minimum absolute atomic E-state index is 0.312. The van der Waals surface area contributed by atoms with Crippen LogP contribution in [0.5, 0.6) is 0 Å². The van der Waals surface area contributed by atoms with E-state index < -0.39 is 0 Å². The Morgan fingerprint density at radius 3 is 2.78 bits per heavy atom. The highest BCUT2D eigenvalue weighted by molar-refractivity contribution is 6.30. The molecule has 3 atom stereocenters. The van der Waals surface area contributed by atoms with Crippen LogP contribution >= 0.6 is 11.6 Å². The van der Waals surface area contributed by atoms with E-state index >= 15 is 0 Å². The summed E-state index contributed by atoms with van der Waals surface area (Å²) >= 11 is 6.01. The molecular formula is C18H19ClN4. The number of aromatic nitrogens is 3. The smallest absolute Gasteiger partial charge is 0.132 e. The van der Waals surface area contributed by atoms with Gasteiger partial charge in [-0.25, -0.2) is 9.97 Å². The summed E-state index contributed by atoms with van der Waals surface area (Å²) in [7, 11) is 0. The van der Waals surface area contributed by atoms with Crippen molar-refractivity contribution in [3.05, 3.63) is 59.1 Å². The summed E-state index contributed by atoms with van der Waals surface area (Å²) in [6.45, 7) is 2.23. The average molecular weight is 327 g/mol. The van der Waals surface area contributed by atoms with E-state index in [1.165, 1.54) is 5.56 Å². The van der Waals surface area contributed by atoms with E-state index in [0.29, 0.717) is 18.0 Å². The van der Waals surface area contributed by atoms with Crippen molar-refractivity contribution >= 4 is 22.6 Å². The predicted molar refractivity (Wildman–Crippen MR) is 92.7 cm³/mol. The van der Waals surface area contributed by atoms with Gasteiger partial charge in [0.25, 0.3) is 0 Å². The Labute approximate surface area is 140 Å². The molecular weight excluding hydrogens is 308 g/mol. The second-order valence-electron chi connectivity index (χ2n) is 6.34.